The molecular weight excluding hydrogens is 160 g/mol. The molecule has 0 aromatic carbocycles. The molecule has 0 amide bonds. The van der Waals surface area contributed by atoms with E-state index >= 15 is 0 Å². The second kappa shape index (κ2) is 5.35. The Hall–Kier alpha value is -1.32. The van der Waals surface area contributed by atoms with Crippen LogP contribution in [0.3, 0.4) is 0 Å². The van der Waals surface area contributed by atoms with Crippen LogP contribution in [0, 0.1) is 0 Å². The van der Waals surface area contributed by atoms with Crippen molar-refractivity contribution in [1.29, 1.82) is 0 Å². The summed E-state index contributed by atoms with van der Waals surface area (Å²) in [4.78, 5) is 21.1. The molecule has 0 N–H and O–H groups in total. The van der Waals surface area contributed by atoms with Crippen LogP contribution in [0.5, 0.6) is 0 Å². The molecule has 0 fully saturated rings. The number of esters is 2. The molecular formula is C8H12O4. The number of hydrogen-bond acceptors (Lipinski definition) is 4. The molecule has 4 heteroatoms. The number of carbonyl (C=O) groups excluding carboxylic acids is 2. The average molecular weight is 172 g/mol. The van der Waals surface area contributed by atoms with Crippen molar-refractivity contribution >= 4 is 11.9 Å². The van der Waals surface area contributed by atoms with Gasteiger partial charge in [0.25, 0.3) is 0 Å². The normalized spacial score (nSPS) is 10.8. The number of allylic oxidation sites excluding steroid dienone is 1. The van der Waals surface area contributed by atoms with Gasteiger partial charge in [-0.3, -0.25) is 4.79 Å². The van der Waals surface area contributed by atoms with E-state index in [4.69, 9.17) is 0 Å². The molecule has 0 atom stereocenters. The Balaban J connectivity index is 3.97. The van der Waals surface area contributed by atoms with Crippen LogP contribution in [0.1, 0.15) is 20.8 Å². The van der Waals surface area contributed by atoms with E-state index in [1.807, 2.05) is 0 Å². The van der Waals surface area contributed by atoms with E-state index in [-0.39, 0.29) is 5.76 Å². The topological polar surface area (TPSA) is 52.6 Å². The van der Waals surface area contributed by atoms with Crippen LogP contribution in [0.25, 0.3) is 0 Å². The molecule has 0 spiro atoms. The van der Waals surface area contributed by atoms with Gasteiger partial charge >= 0.3 is 11.9 Å². The lowest BCUT2D eigenvalue weighted by molar-refractivity contribution is -0.138. The molecule has 0 radical (unpaired) electrons. The van der Waals surface area contributed by atoms with Crippen LogP contribution >= 0.6 is 0 Å². The maximum absolute atomic E-state index is 10.7. The van der Waals surface area contributed by atoms with Crippen molar-refractivity contribution in [3.63, 3.8) is 0 Å². The first-order valence-corrected chi connectivity index (χ1v) is 3.59. The van der Waals surface area contributed by atoms with Gasteiger partial charge in [0.15, 0.2) is 0 Å². The van der Waals surface area contributed by atoms with Crippen molar-refractivity contribution in [3.8, 4) is 0 Å². The summed E-state index contributed by atoms with van der Waals surface area (Å²) in [6, 6.07) is 0. The third-order valence-electron chi connectivity index (χ3n) is 0.912. The summed E-state index contributed by atoms with van der Waals surface area (Å²) in [6.07, 6.45) is 1.13. The van der Waals surface area contributed by atoms with E-state index in [1.54, 1.807) is 6.92 Å². The zero-order valence-electron chi connectivity index (χ0n) is 7.42. The fourth-order valence-electron chi connectivity index (χ4n) is 0.606. The second-order valence-electron chi connectivity index (χ2n) is 2.10. The highest BCUT2D eigenvalue weighted by Gasteiger charge is 2.00. The Morgan fingerprint density at radius 2 is 1.92 bits per heavy atom. The quantitative estimate of drug-likeness (QED) is 0.362. The highest BCUT2D eigenvalue weighted by Crippen LogP contribution is 1.96. The van der Waals surface area contributed by atoms with E-state index in [1.165, 1.54) is 13.8 Å². The van der Waals surface area contributed by atoms with Crippen LogP contribution in [-0.4, -0.2) is 18.5 Å². The Morgan fingerprint density at radius 3 is 2.33 bits per heavy atom. The van der Waals surface area contributed by atoms with Crippen molar-refractivity contribution in [3.05, 3.63) is 11.8 Å². The minimum absolute atomic E-state index is 0.237. The lowest BCUT2D eigenvalue weighted by Crippen LogP contribution is -2.03. The second-order valence-corrected chi connectivity index (χ2v) is 2.10. The number of ether oxygens (including phenoxy) is 2. The molecule has 0 aliphatic rings. The number of rotatable bonds is 3. The van der Waals surface area contributed by atoms with Crippen LogP contribution in [0.2, 0.25) is 0 Å². The maximum atomic E-state index is 10.7. The molecule has 0 saturated carbocycles. The highest BCUT2D eigenvalue weighted by atomic mass is 16.5. The summed E-state index contributed by atoms with van der Waals surface area (Å²) in [5, 5.41) is 0. The molecule has 0 aromatic rings. The summed E-state index contributed by atoms with van der Waals surface area (Å²) in [5.74, 6) is -0.717. The van der Waals surface area contributed by atoms with Gasteiger partial charge in [-0.1, -0.05) is 0 Å². The molecule has 0 aliphatic carbocycles. The molecule has 0 saturated heterocycles. The van der Waals surface area contributed by atoms with E-state index in [9.17, 15) is 9.59 Å². The standard InChI is InChI=1S/C8H12O4/c1-4-11-8(10)5-6(2)12-7(3)9/h5H,4H2,1-3H3. The smallest absolute Gasteiger partial charge is 0.334 e. The predicted octanol–water partition coefficient (Wildman–Crippen LogP) is 1.02. The van der Waals surface area contributed by atoms with Gasteiger partial charge in [-0.2, -0.15) is 0 Å². The summed E-state index contributed by atoms with van der Waals surface area (Å²) in [7, 11) is 0. The van der Waals surface area contributed by atoms with E-state index in [2.05, 4.69) is 9.47 Å². The Kier molecular flexibility index (Phi) is 4.76. The van der Waals surface area contributed by atoms with Crippen molar-refractivity contribution in [2.45, 2.75) is 20.8 Å². The van der Waals surface area contributed by atoms with Crippen LogP contribution < -0.4 is 0 Å². The summed E-state index contributed by atoms with van der Waals surface area (Å²) in [6.45, 7) is 4.79. The zero-order chi connectivity index (χ0) is 9.56. The minimum atomic E-state index is -0.503. The highest BCUT2D eigenvalue weighted by molar-refractivity contribution is 5.82. The molecule has 12 heavy (non-hydrogen) atoms. The lowest BCUT2D eigenvalue weighted by atomic mass is 10.5. The van der Waals surface area contributed by atoms with Gasteiger partial charge < -0.3 is 9.47 Å². The van der Waals surface area contributed by atoms with Gasteiger partial charge in [-0.15, -0.1) is 0 Å². The van der Waals surface area contributed by atoms with Crippen molar-refractivity contribution < 1.29 is 19.1 Å². The Bertz CT molecular complexity index is 205. The molecule has 0 bridgehead atoms. The first-order chi connectivity index (χ1) is 5.56. The SMILES string of the molecule is CCOC(=O)C=C(C)OC(C)=O. The van der Waals surface area contributed by atoms with Gasteiger partial charge in [0, 0.05) is 6.92 Å². The van der Waals surface area contributed by atoms with Gasteiger partial charge in [0.05, 0.1) is 12.7 Å². The van der Waals surface area contributed by atoms with Gasteiger partial charge in [-0.25, -0.2) is 4.79 Å². The zero-order valence-corrected chi connectivity index (χ0v) is 7.42. The first kappa shape index (κ1) is 10.7. The largest absolute Gasteiger partial charge is 0.463 e. The minimum Gasteiger partial charge on any atom is -0.463 e. The lowest BCUT2D eigenvalue weighted by Gasteiger charge is -2.00. The van der Waals surface area contributed by atoms with E-state index < -0.39 is 11.9 Å². The molecule has 0 heterocycles. The van der Waals surface area contributed by atoms with Crippen LogP contribution in [0.4, 0.5) is 0 Å². The fourth-order valence-corrected chi connectivity index (χ4v) is 0.606. The summed E-state index contributed by atoms with van der Waals surface area (Å²) in [5.41, 5.74) is 0. The van der Waals surface area contributed by atoms with Crippen molar-refractivity contribution in [2.75, 3.05) is 6.61 Å². The molecule has 0 aliphatic heterocycles. The Labute approximate surface area is 71.2 Å². The van der Waals surface area contributed by atoms with Crippen molar-refractivity contribution in [2.24, 2.45) is 0 Å². The van der Waals surface area contributed by atoms with Crippen LogP contribution in [0.15, 0.2) is 11.8 Å². The molecule has 68 valence electrons. The van der Waals surface area contributed by atoms with Crippen LogP contribution in [-0.2, 0) is 19.1 Å². The van der Waals surface area contributed by atoms with Gasteiger partial charge in [-0.05, 0) is 13.8 Å². The predicted molar refractivity (Wildman–Crippen MR) is 42.2 cm³/mol. The third kappa shape index (κ3) is 5.46. The molecule has 0 aromatic heterocycles. The molecule has 4 nitrogen and oxygen atoms in total. The third-order valence-corrected chi connectivity index (χ3v) is 0.912. The van der Waals surface area contributed by atoms with E-state index in [0.29, 0.717) is 6.61 Å². The average Bonchev–Trinajstić information content (AvgIpc) is 1.84. The van der Waals surface area contributed by atoms with Crippen molar-refractivity contribution in [1.82, 2.24) is 0 Å². The first-order valence-electron chi connectivity index (χ1n) is 3.59. The number of carbonyl (C=O) groups is 2. The fraction of sp³-hybridized carbons (Fsp3) is 0.500. The van der Waals surface area contributed by atoms with E-state index in [0.717, 1.165) is 6.08 Å². The van der Waals surface area contributed by atoms with Gasteiger partial charge in [0.1, 0.15) is 5.76 Å². The number of hydrogen-bond donors (Lipinski definition) is 0. The Morgan fingerprint density at radius 1 is 1.33 bits per heavy atom. The maximum Gasteiger partial charge on any atom is 0.334 e. The van der Waals surface area contributed by atoms with Gasteiger partial charge in [0.2, 0.25) is 0 Å². The molecule has 0 unspecified atom stereocenters. The monoisotopic (exact) mass is 172 g/mol. The summed E-state index contributed by atoms with van der Waals surface area (Å²) >= 11 is 0. The molecule has 0 rings (SSSR count). The summed E-state index contributed by atoms with van der Waals surface area (Å²) < 4.78 is 9.18.